The molecule has 0 aliphatic carbocycles. The molecule has 0 saturated heterocycles. The topological polar surface area (TPSA) is 12.0 Å². The first-order chi connectivity index (χ1) is 7.76. The Bertz CT molecular complexity index is 293. The second kappa shape index (κ2) is 7.45. The van der Waals surface area contributed by atoms with Crippen molar-refractivity contribution in [1.29, 1.82) is 0 Å². The SMILES string of the molecule is CCCCCC(Cc1cccc(C)c1)NC. The normalized spacial score (nSPS) is 12.7. The Balaban J connectivity index is 2.43. The molecule has 0 saturated carbocycles. The molecule has 0 aromatic heterocycles. The second-order valence-electron chi connectivity index (χ2n) is 4.67. The Morgan fingerprint density at radius 2 is 2.06 bits per heavy atom. The van der Waals surface area contributed by atoms with Gasteiger partial charge < -0.3 is 5.32 Å². The standard InChI is InChI=1S/C15H25N/c1-4-5-6-10-15(16-3)12-14-9-7-8-13(2)11-14/h7-9,11,15-16H,4-6,10,12H2,1-3H3. The van der Waals surface area contributed by atoms with Crippen LogP contribution in [0.5, 0.6) is 0 Å². The summed E-state index contributed by atoms with van der Waals surface area (Å²) < 4.78 is 0. The summed E-state index contributed by atoms with van der Waals surface area (Å²) in [5.74, 6) is 0. The predicted octanol–water partition coefficient (Wildman–Crippen LogP) is 3.71. The van der Waals surface area contributed by atoms with Crippen LogP contribution in [0.15, 0.2) is 24.3 Å². The molecule has 0 heterocycles. The number of hydrogen-bond acceptors (Lipinski definition) is 1. The quantitative estimate of drug-likeness (QED) is 0.689. The zero-order valence-electron chi connectivity index (χ0n) is 10.9. The Morgan fingerprint density at radius 3 is 2.69 bits per heavy atom. The summed E-state index contributed by atoms with van der Waals surface area (Å²) >= 11 is 0. The van der Waals surface area contributed by atoms with Crippen molar-refractivity contribution in [3.8, 4) is 0 Å². The van der Waals surface area contributed by atoms with E-state index in [0.717, 1.165) is 6.42 Å². The third kappa shape index (κ3) is 4.80. The highest BCUT2D eigenvalue weighted by Crippen LogP contribution is 2.11. The van der Waals surface area contributed by atoms with Crippen LogP contribution >= 0.6 is 0 Å². The van der Waals surface area contributed by atoms with Crippen molar-refractivity contribution in [2.45, 2.75) is 52.0 Å². The Labute approximate surface area is 100 Å². The molecular formula is C15H25N. The summed E-state index contributed by atoms with van der Waals surface area (Å²) in [6.07, 6.45) is 6.45. The highest BCUT2D eigenvalue weighted by Gasteiger charge is 2.06. The van der Waals surface area contributed by atoms with Gasteiger partial charge in [0.1, 0.15) is 0 Å². The van der Waals surface area contributed by atoms with Crippen molar-refractivity contribution in [3.63, 3.8) is 0 Å². The van der Waals surface area contributed by atoms with E-state index in [2.05, 4.69) is 50.5 Å². The molecular weight excluding hydrogens is 194 g/mol. The summed E-state index contributed by atoms with van der Waals surface area (Å²) in [5.41, 5.74) is 2.82. The predicted molar refractivity (Wildman–Crippen MR) is 71.9 cm³/mol. The Kier molecular flexibility index (Phi) is 6.17. The average molecular weight is 219 g/mol. The maximum Gasteiger partial charge on any atom is 0.0104 e. The summed E-state index contributed by atoms with van der Waals surface area (Å²) in [6.45, 7) is 4.42. The van der Waals surface area contributed by atoms with E-state index in [0.29, 0.717) is 6.04 Å². The van der Waals surface area contributed by atoms with Crippen LogP contribution in [0.1, 0.15) is 43.7 Å². The molecule has 1 nitrogen and oxygen atoms in total. The van der Waals surface area contributed by atoms with E-state index in [-0.39, 0.29) is 0 Å². The largest absolute Gasteiger partial charge is 0.317 e. The van der Waals surface area contributed by atoms with Gasteiger partial charge in [0.25, 0.3) is 0 Å². The molecule has 0 aliphatic rings. The number of aryl methyl sites for hydroxylation is 1. The minimum absolute atomic E-state index is 0.633. The zero-order valence-corrected chi connectivity index (χ0v) is 10.9. The molecule has 1 aromatic rings. The van der Waals surface area contributed by atoms with Crippen LogP contribution in [0.4, 0.5) is 0 Å². The fraction of sp³-hybridized carbons (Fsp3) is 0.600. The molecule has 90 valence electrons. The van der Waals surface area contributed by atoms with E-state index < -0.39 is 0 Å². The minimum Gasteiger partial charge on any atom is -0.317 e. The highest BCUT2D eigenvalue weighted by atomic mass is 14.9. The van der Waals surface area contributed by atoms with Gasteiger partial charge in [-0.3, -0.25) is 0 Å². The van der Waals surface area contributed by atoms with E-state index in [1.807, 2.05) is 0 Å². The average Bonchev–Trinajstić information content (AvgIpc) is 2.28. The lowest BCUT2D eigenvalue weighted by Crippen LogP contribution is -2.27. The maximum absolute atomic E-state index is 3.43. The lowest BCUT2D eigenvalue weighted by atomic mass is 9.99. The van der Waals surface area contributed by atoms with Gasteiger partial charge in [0.15, 0.2) is 0 Å². The Morgan fingerprint density at radius 1 is 1.25 bits per heavy atom. The molecule has 1 atom stereocenters. The molecule has 1 N–H and O–H groups in total. The van der Waals surface area contributed by atoms with E-state index in [1.54, 1.807) is 0 Å². The van der Waals surface area contributed by atoms with Crippen molar-refractivity contribution >= 4 is 0 Å². The van der Waals surface area contributed by atoms with E-state index in [9.17, 15) is 0 Å². The van der Waals surface area contributed by atoms with Gasteiger partial charge >= 0.3 is 0 Å². The van der Waals surface area contributed by atoms with Gasteiger partial charge in [-0.15, -0.1) is 0 Å². The van der Waals surface area contributed by atoms with Gasteiger partial charge in [-0.2, -0.15) is 0 Å². The van der Waals surface area contributed by atoms with Gasteiger partial charge in [-0.05, 0) is 32.4 Å². The first-order valence-corrected chi connectivity index (χ1v) is 6.49. The molecule has 0 spiro atoms. The van der Waals surface area contributed by atoms with Gasteiger partial charge in [0, 0.05) is 6.04 Å². The zero-order chi connectivity index (χ0) is 11.8. The molecule has 1 rings (SSSR count). The van der Waals surface area contributed by atoms with Gasteiger partial charge in [-0.25, -0.2) is 0 Å². The molecule has 0 aliphatic heterocycles. The number of nitrogens with one attached hydrogen (secondary N) is 1. The van der Waals surface area contributed by atoms with Crippen molar-refractivity contribution < 1.29 is 0 Å². The van der Waals surface area contributed by atoms with Crippen molar-refractivity contribution in [1.82, 2.24) is 5.32 Å². The van der Waals surface area contributed by atoms with Crippen LogP contribution in [0.3, 0.4) is 0 Å². The van der Waals surface area contributed by atoms with Gasteiger partial charge in [-0.1, -0.05) is 56.0 Å². The lowest BCUT2D eigenvalue weighted by molar-refractivity contribution is 0.490. The number of rotatable bonds is 7. The molecule has 1 heteroatoms. The molecule has 0 amide bonds. The fourth-order valence-electron chi connectivity index (χ4n) is 2.11. The van der Waals surface area contributed by atoms with E-state index in [4.69, 9.17) is 0 Å². The first kappa shape index (κ1) is 13.2. The third-order valence-corrected chi connectivity index (χ3v) is 3.13. The fourth-order valence-corrected chi connectivity index (χ4v) is 2.11. The number of benzene rings is 1. The monoisotopic (exact) mass is 219 g/mol. The second-order valence-corrected chi connectivity index (χ2v) is 4.67. The van der Waals surface area contributed by atoms with Crippen LogP contribution in [0, 0.1) is 6.92 Å². The van der Waals surface area contributed by atoms with E-state index >= 15 is 0 Å². The van der Waals surface area contributed by atoms with Crippen LogP contribution in [0.25, 0.3) is 0 Å². The molecule has 0 radical (unpaired) electrons. The summed E-state index contributed by atoms with van der Waals surface area (Å²) in [4.78, 5) is 0. The summed E-state index contributed by atoms with van der Waals surface area (Å²) in [5, 5.41) is 3.43. The van der Waals surface area contributed by atoms with Crippen molar-refractivity contribution in [3.05, 3.63) is 35.4 Å². The smallest absolute Gasteiger partial charge is 0.0104 e. The molecule has 16 heavy (non-hydrogen) atoms. The maximum atomic E-state index is 3.43. The minimum atomic E-state index is 0.633. The van der Waals surface area contributed by atoms with Crippen LogP contribution in [-0.2, 0) is 6.42 Å². The van der Waals surface area contributed by atoms with Crippen molar-refractivity contribution in [2.24, 2.45) is 0 Å². The Hall–Kier alpha value is -0.820. The van der Waals surface area contributed by atoms with E-state index in [1.165, 1.54) is 36.8 Å². The summed E-state index contributed by atoms with van der Waals surface area (Å²) in [7, 11) is 2.08. The van der Waals surface area contributed by atoms with Gasteiger partial charge in [0.05, 0.1) is 0 Å². The van der Waals surface area contributed by atoms with Crippen LogP contribution in [0.2, 0.25) is 0 Å². The summed E-state index contributed by atoms with van der Waals surface area (Å²) in [6, 6.07) is 9.48. The van der Waals surface area contributed by atoms with Gasteiger partial charge in [0.2, 0.25) is 0 Å². The third-order valence-electron chi connectivity index (χ3n) is 3.13. The molecule has 1 unspecified atom stereocenters. The van der Waals surface area contributed by atoms with Crippen molar-refractivity contribution in [2.75, 3.05) is 7.05 Å². The lowest BCUT2D eigenvalue weighted by Gasteiger charge is -2.16. The molecule has 0 bridgehead atoms. The number of likely N-dealkylation sites (N-methyl/N-ethyl adjacent to an activating group) is 1. The van der Waals surface area contributed by atoms with Crippen LogP contribution < -0.4 is 5.32 Å². The highest BCUT2D eigenvalue weighted by molar-refractivity contribution is 5.22. The number of hydrogen-bond donors (Lipinski definition) is 1. The molecule has 1 aromatic carbocycles. The van der Waals surface area contributed by atoms with Crippen LogP contribution in [-0.4, -0.2) is 13.1 Å². The number of unbranched alkanes of at least 4 members (excludes halogenated alkanes) is 2. The molecule has 0 fully saturated rings. The first-order valence-electron chi connectivity index (χ1n) is 6.49.